The summed E-state index contributed by atoms with van der Waals surface area (Å²) in [6.07, 6.45) is 2.36. The van der Waals surface area contributed by atoms with E-state index in [0.717, 1.165) is 37.2 Å². The molecule has 2 heterocycles. The molecule has 4 aromatic rings. The molecule has 31 heavy (non-hydrogen) atoms. The number of piperidine rings is 1. The van der Waals surface area contributed by atoms with Gasteiger partial charge in [0.15, 0.2) is 0 Å². The summed E-state index contributed by atoms with van der Waals surface area (Å²) in [5.41, 5.74) is 4.73. The molecule has 0 spiro atoms. The van der Waals surface area contributed by atoms with Crippen LogP contribution in [0.25, 0.3) is 11.0 Å². The third-order valence-electron chi connectivity index (χ3n) is 6.74. The first kappa shape index (κ1) is 19.8. The third-order valence-corrected chi connectivity index (χ3v) is 6.74. The second kappa shape index (κ2) is 8.94. The zero-order valence-corrected chi connectivity index (χ0v) is 17.8. The molecule has 4 nitrogen and oxygen atoms in total. The highest BCUT2D eigenvalue weighted by Gasteiger charge is 2.28. The van der Waals surface area contributed by atoms with Gasteiger partial charge in [0.1, 0.15) is 0 Å². The summed E-state index contributed by atoms with van der Waals surface area (Å²) in [5, 5.41) is 0. The minimum atomic E-state index is -0.00990. The van der Waals surface area contributed by atoms with Crippen LogP contribution in [0.3, 0.4) is 0 Å². The number of aromatic nitrogens is 2. The number of likely N-dealkylation sites (tertiary alicyclic amines) is 1. The number of hydrogen-bond acceptors (Lipinski definition) is 2. The van der Waals surface area contributed by atoms with Gasteiger partial charge in [-0.25, -0.2) is 4.79 Å². The Morgan fingerprint density at radius 3 is 2.00 bits per heavy atom. The van der Waals surface area contributed by atoms with Gasteiger partial charge in [-0.3, -0.25) is 4.57 Å². The summed E-state index contributed by atoms with van der Waals surface area (Å²) in [7, 11) is 0. The zero-order chi connectivity index (χ0) is 21.0. The van der Waals surface area contributed by atoms with Crippen LogP contribution >= 0.6 is 0 Å². The van der Waals surface area contributed by atoms with Gasteiger partial charge in [0.25, 0.3) is 0 Å². The molecule has 1 saturated heterocycles. The first-order valence-corrected chi connectivity index (χ1v) is 11.3. The number of rotatable bonds is 6. The van der Waals surface area contributed by atoms with Crippen molar-refractivity contribution < 1.29 is 0 Å². The van der Waals surface area contributed by atoms with Crippen LogP contribution in [0.2, 0.25) is 0 Å². The second-order valence-electron chi connectivity index (χ2n) is 8.58. The standard InChI is InChI=1S/C27H29N3O/c31-27-28-24-13-7-8-14-25(24)30(27)20-19-29-17-15-23(16-18-29)26(21-9-3-1-4-10-21)22-11-5-2-6-12-22/h1-14,23,26H,15-20H2,(H,28,31). The van der Waals surface area contributed by atoms with Gasteiger partial charge in [0, 0.05) is 19.0 Å². The Bertz CT molecular complexity index is 1130. The lowest BCUT2D eigenvalue weighted by Crippen LogP contribution is -2.38. The lowest BCUT2D eigenvalue weighted by molar-refractivity contribution is 0.170. The Kier molecular flexibility index (Phi) is 5.72. The quantitative estimate of drug-likeness (QED) is 0.492. The number of aromatic amines is 1. The zero-order valence-electron chi connectivity index (χ0n) is 17.8. The first-order chi connectivity index (χ1) is 15.3. The van der Waals surface area contributed by atoms with Gasteiger partial charge in [0.05, 0.1) is 11.0 Å². The molecule has 0 aliphatic carbocycles. The number of nitrogens with one attached hydrogen (secondary N) is 1. The second-order valence-corrected chi connectivity index (χ2v) is 8.58. The van der Waals surface area contributed by atoms with Crippen LogP contribution in [-0.2, 0) is 6.54 Å². The smallest absolute Gasteiger partial charge is 0.306 e. The molecule has 0 radical (unpaired) electrons. The lowest BCUT2D eigenvalue weighted by atomic mass is 9.76. The summed E-state index contributed by atoms with van der Waals surface area (Å²) < 4.78 is 1.87. The predicted octanol–water partition coefficient (Wildman–Crippen LogP) is 4.87. The van der Waals surface area contributed by atoms with Crippen LogP contribution in [0, 0.1) is 5.92 Å². The van der Waals surface area contributed by atoms with Gasteiger partial charge in [-0.1, -0.05) is 72.8 Å². The maximum absolute atomic E-state index is 12.4. The average Bonchev–Trinajstić information content (AvgIpc) is 3.15. The van der Waals surface area contributed by atoms with Crippen molar-refractivity contribution in [2.75, 3.05) is 19.6 Å². The van der Waals surface area contributed by atoms with Crippen LogP contribution in [-0.4, -0.2) is 34.1 Å². The molecule has 5 rings (SSSR count). The van der Waals surface area contributed by atoms with Crippen LogP contribution < -0.4 is 5.69 Å². The minimum absolute atomic E-state index is 0.00990. The van der Waals surface area contributed by atoms with Crippen molar-refractivity contribution in [1.29, 1.82) is 0 Å². The molecule has 1 N–H and O–H groups in total. The van der Waals surface area contributed by atoms with Crippen molar-refractivity contribution in [2.45, 2.75) is 25.3 Å². The molecular formula is C27H29N3O. The van der Waals surface area contributed by atoms with Crippen molar-refractivity contribution >= 4 is 11.0 Å². The highest BCUT2D eigenvalue weighted by Crippen LogP contribution is 2.37. The molecule has 1 aliphatic rings. The molecule has 0 saturated carbocycles. The summed E-state index contributed by atoms with van der Waals surface area (Å²) in [4.78, 5) is 17.8. The molecule has 0 atom stereocenters. The van der Waals surface area contributed by atoms with E-state index in [0.29, 0.717) is 11.8 Å². The molecule has 158 valence electrons. The Morgan fingerprint density at radius 2 is 1.35 bits per heavy atom. The molecule has 0 bridgehead atoms. The van der Waals surface area contributed by atoms with Gasteiger partial charge < -0.3 is 9.88 Å². The van der Waals surface area contributed by atoms with Gasteiger partial charge in [0.2, 0.25) is 0 Å². The van der Waals surface area contributed by atoms with Crippen LogP contribution in [0.15, 0.2) is 89.7 Å². The number of imidazole rings is 1. The van der Waals surface area contributed by atoms with Gasteiger partial charge in [-0.05, 0) is 55.1 Å². The fraction of sp³-hybridized carbons (Fsp3) is 0.296. The molecular weight excluding hydrogens is 382 g/mol. The normalized spacial score (nSPS) is 15.6. The number of fused-ring (bicyclic) bond motifs is 1. The molecule has 4 heteroatoms. The predicted molar refractivity (Wildman–Crippen MR) is 126 cm³/mol. The molecule has 1 aliphatic heterocycles. The number of H-pyrrole nitrogens is 1. The van der Waals surface area contributed by atoms with Gasteiger partial charge in [-0.2, -0.15) is 0 Å². The lowest BCUT2D eigenvalue weighted by Gasteiger charge is -2.36. The first-order valence-electron chi connectivity index (χ1n) is 11.3. The van der Waals surface area contributed by atoms with Crippen LogP contribution in [0.4, 0.5) is 0 Å². The van der Waals surface area contributed by atoms with E-state index in [1.165, 1.54) is 24.0 Å². The van der Waals surface area contributed by atoms with E-state index in [1.54, 1.807) is 0 Å². The summed E-state index contributed by atoms with van der Waals surface area (Å²) in [5.74, 6) is 1.08. The summed E-state index contributed by atoms with van der Waals surface area (Å²) in [6.45, 7) is 3.81. The van der Waals surface area contributed by atoms with E-state index in [4.69, 9.17) is 0 Å². The van der Waals surface area contributed by atoms with Crippen molar-refractivity contribution in [2.24, 2.45) is 5.92 Å². The molecule has 1 fully saturated rings. The largest absolute Gasteiger partial charge is 0.326 e. The number of benzene rings is 3. The Morgan fingerprint density at radius 1 is 0.774 bits per heavy atom. The fourth-order valence-electron chi connectivity index (χ4n) is 5.14. The van der Waals surface area contributed by atoms with Crippen LogP contribution in [0.5, 0.6) is 0 Å². The van der Waals surface area contributed by atoms with Gasteiger partial charge in [-0.15, -0.1) is 0 Å². The molecule has 1 aromatic heterocycles. The number of hydrogen-bond donors (Lipinski definition) is 1. The summed E-state index contributed by atoms with van der Waals surface area (Å²) in [6, 6.07) is 29.8. The fourth-order valence-corrected chi connectivity index (χ4v) is 5.14. The van der Waals surface area contributed by atoms with E-state index in [2.05, 4.69) is 70.5 Å². The molecule has 0 amide bonds. The van der Waals surface area contributed by atoms with E-state index in [9.17, 15) is 4.79 Å². The van der Waals surface area contributed by atoms with Crippen molar-refractivity contribution in [3.05, 3.63) is 107 Å². The number of nitrogens with zero attached hydrogens (tertiary/aromatic N) is 2. The maximum Gasteiger partial charge on any atom is 0.326 e. The van der Waals surface area contributed by atoms with Crippen molar-refractivity contribution in [1.82, 2.24) is 14.5 Å². The van der Waals surface area contributed by atoms with Gasteiger partial charge >= 0.3 is 5.69 Å². The van der Waals surface area contributed by atoms with Crippen molar-refractivity contribution in [3.63, 3.8) is 0 Å². The maximum atomic E-state index is 12.4. The monoisotopic (exact) mass is 411 g/mol. The topological polar surface area (TPSA) is 41.0 Å². The summed E-state index contributed by atoms with van der Waals surface area (Å²) >= 11 is 0. The van der Waals surface area contributed by atoms with E-state index >= 15 is 0 Å². The Labute approximate surface area is 183 Å². The molecule has 3 aromatic carbocycles. The Hall–Kier alpha value is -3.11. The van der Waals surface area contributed by atoms with E-state index in [1.807, 2.05) is 28.8 Å². The number of para-hydroxylation sites is 2. The highest BCUT2D eigenvalue weighted by atomic mass is 16.1. The van der Waals surface area contributed by atoms with Crippen molar-refractivity contribution in [3.8, 4) is 0 Å². The Balaban J connectivity index is 1.27. The third kappa shape index (κ3) is 4.21. The van der Waals surface area contributed by atoms with Crippen LogP contribution in [0.1, 0.15) is 29.9 Å². The van der Waals surface area contributed by atoms with E-state index in [-0.39, 0.29) is 5.69 Å². The highest BCUT2D eigenvalue weighted by molar-refractivity contribution is 5.74. The minimum Gasteiger partial charge on any atom is -0.306 e. The molecule has 0 unspecified atom stereocenters. The SMILES string of the molecule is O=c1[nH]c2ccccc2n1CCN1CCC(C(c2ccccc2)c2ccccc2)CC1. The average molecular weight is 412 g/mol. The van der Waals surface area contributed by atoms with E-state index < -0.39 is 0 Å².